The van der Waals surface area contributed by atoms with Gasteiger partial charge < -0.3 is 10.3 Å². The summed E-state index contributed by atoms with van der Waals surface area (Å²) in [5, 5.41) is 14.5. The molecule has 2 N–H and O–H groups in total. The number of aromatic nitrogens is 2. The summed E-state index contributed by atoms with van der Waals surface area (Å²) in [5.74, 6) is 0.472. The van der Waals surface area contributed by atoms with Crippen LogP contribution < -0.4 is 10.9 Å². The molecule has 0 aliphatic rings. The number of rotatable bonds is 4. The van der Waals surface area contributed by atoms with Crippen molar-refractivity contribution < 1.29 is 4.92 Å². The quantitative estimate of drug-likeness (QED) is 0.570. The maximum absolute atomic E-state index is 12.1. The molecule has 2 aromatic carbocycles. The minimum Gasteiger partial charge on any atom is -0.375 e. The van der Waals surface area contributed by atoms with Crippen LogP contribution in [0.15, 0.2) is 53.3 Å². The van der Waals surface area contributed by atoms with Crippen molar-refractivity contribution >= 4 is 22.3 Å². The molecular weight excluding hydrogens is 296 g/mol. The van der Waals surface area contributed by atoms with E-state index in [1.807, 2.05) is 13.0 Å². The van der Waals surface area contributed by atoms with Crippen LogP contribution in [0.4, 0.5) is 11.4 Å². The predicted molar refractivity (Wildman–Crippen MR) is 87.5 cm³/mol. The number of non-ortho nitro benzene ring substituents is 1. The minimum atomic E-state index is -0.452. The SMILES string of the molecule is C[C@H](Nc1cccc([N+](=O)[O-])c1)c1nc2ccccc2c(=O)[nH]1. The van der Waals surface area contributed by atoms with Crippen LogP contribution in [0.5, 0.6) is 0 Å². The molecule has 0 bridgehead atoms. The lowest BCUT2D eigenvalue weighted by atomic mass is 10.2. The lowest BCUT2D eigenvalue weighted by Crippen LogP contribution is -2.17. The highest BCUT2D eigenvalue weighted by atomic mass is 16.6. The van der Waals surface area contributed by atoms with Crippen LogP contribution in [0.2, 0.25) is 0 Å². The molecule has 1 aromatic heterocycles. The third-order valence-electron chi connectivity index (χ3n) is 3.48. The molecule has 0 unspecified atom stereocenters. The Hall–Kier alpha value is -3.22. The smallest absolute Gasteiger partial charge is 0.271 e. The molecule has 3 aromatic rings. The zero-order valence-corrected chi connectivity index (χ0v) is 12.3. The molecule has 0 aliphatic heterocycles. The summed E-state index contributed by atoms with van der Waals surface area (Å²) in [6, 6.07) is 13.0. The Morgan fingerprint density at radius 1 is 1.22 bits per heavy atom. The minimum absolute atomic E-state index is 0.00200. The van der Waals surface area contributed by atoms with Crippen LogP contribution >= 0.6 is 0 Å². The maximum atomic E-state index is 12.1. The van der Waals surface area contributed by atoms with Crippen LogP contribution in [0, 0.1) is 10.1 Å². The van der Waals surface area contributed by atoms with Gasteiger partial charge in [0, 0.05) is 17.8 Å². The zero-order valence-electron chi connectivity index (χ0n) is 12.3. The van der Waals surface area contributed by atoms with Crippen molar-refractivity contribution in [2.45, 2.75) is 13.0 Å². The second-order valence-electron chi connectivity index (χ2n) is 5.14. The first-order valence-corrected chi connectivity index (χ1v) is 7.04. The van der Waals surface area contributed by atoms with Gasteiger partial charge in [0.15, 0.2) is 0 Å². The fraction of sp³-hybridized carbons (Fsp3) is 0.125. The molecule has 0 aliphatic carbocycles. The van der Waals surface area contributed by atoms with E-state index in [4.69, 9.17) is 0 Å². The van der Waals surface area contributed by atoms with Gasteiger partial charge in [-0.2, -0.15) is 0 Å². The van der Waals surface area contributed by atoms with Crippen molar-refractivity contribution in [3.63, 3.8) is 0 Å². The Bertz CT molecular complexity index is 936. The Morgan fingerprint density at radius 3 is 2.78 bits per heavy atom. The zero-order chi connectivity index (χ0) is 16.4. The molecule has 1 heterocycles. The van der Waals surface area contributed by atoms with E-state index in [0.29, 0.717) is 22.4 Å². The fourth-order valence-corrected chi connectivity index (χ4v) is 2.34. The number of H-pyrrole nitrogens is 1. The lowest BCUT2D eigenvalue weighted by molar-refractivity contribution is -0.384. The first-order chi connectivity index (χ1) is 11.0. The van der Waals surface area contributed by atoms with Gasteiger partial charge in [-0.1, -0.05) is 18.2 Å². The number of nitro benzene ring substituents is 1. The van der Waals surface area contributed by atoms with Crippen LogP contribution in [0.3, 0.4) is 0 Å². The first kappa shape index (κ1) is 14.7. The van der Waals surface area contributed by atoms with E-state index in [9.17, 15) is 14.9 Å². The number of aromatic amines is 1. The number of nitrogens with one attached hydrogen (secondary N) is 2. The fourth-order valence-electron chi connectivity index (χ4n) is 2.34. The lowest BCUT2D eigenvalue weighted by Gasteiger charge is -2.14. The van der Waals surface area contributed by atoms with Gasteiger partial charge in [0.1, 0.15) is 5.82 Å². The molecule has 0 radical (unpaired) electrons. The molecule has 0 saturated carbocycles. The van der Waals surface area contributed by atoms with Gasteiger partial charge >= 0.3 is 0 Å². The summed E-state index contributed by atoms with van der Waals surface area (Å²) < 4.78 is 0. The number of nitro groups is 1. The predicted octanol–water partition coefficient (Wildman–Crippen LogP) is 3.00. The Balaban J connectivity index is 1.91. The number of hydrogen-bond donors (Lipinski definition) is 2. The van der Waals surface area contributed by atoms with Crippen LogP contribution in [0.1, 0.15) is 18.8 Å². The van der Waals surface area contributed by atoms with Crippen molar-refractivity contribution in [2.24, 2.45) is 0 Å². The van der Waals surface area contributed by atoms with Gasteiger partial charge in [-0.25, -0.2) is 4.98 Å². The molecule has 0 saturated heterocycles. The third kappa shape index (κ3) is 3.03. The molecular formula is C16H14N4O3. The monoisotopic (exact) mass is 310 g/mol. The van der Waals surface area contributed by atoms with Crippen molar-refractivity contribution in [3.8, 4) is 0 Å². The molecule has 0 spiro atoms. The van der Waals surface area contributed by atoms with Crippen molar-refractivity contribution in [1.82, 2.24) is 9.97 Å². The molecule has 7 heteroatoms. The number of hydrogen-bond acceptors (Lipinski definition) is 5. The Morgan fingerprint density at radius 2 is 2.00 bits per heavy atom. The average molecular weight is 310 g/mol. The van der Waals surface area contributed by atoms with Gasteiger partial charge in [0.25, 0.3) is 11.2 Å². The van der Waals surface area contributed by atoms with Crippen LogP contribution in [0.25, 0.3) is 10.9 Å². The number of fused-ring (bicyclic) bond motifs is 1. The van der Waals surface area contributed by atoms with E-state index >= 15 is 0 Å². The molecule has 116 valence electrons. The molecule has 23 heavy (non-hydrogen) atoms. The summed E-state index contributed by atoms with van der Waals surface area (Å²) >= 11 is 0. The van der Waals surface area contributed by atoms with Crippen molar-refractivity contribution in [2.75, 3.05) is 5.32 Å². The van der Waals surface area contributed by atoms with E-state index < -0.39 is 4.92 Å². The number of benzene rings is 2. The molecule has 7 nitrogen and oxygen atoms in total. The molecule has 0 fully saturated rings. The van der Waals surface area contributed by atoms with E-state index in [1.165, 1.54) is 12.1 Å². The van der Waals surface area contributed by atoms with Gasteiger partial charge in [-0.05, 0) is 25.1 Å². The van der Waals surface area contributed by atoms with E-state index in [1.54, 1.807) is 30.3 Å². The third-order valence-corrected chi connectivity index (χ3v) is 3.48. The standard InChI is InChI=1S/C16H14N4O3/c1-10(17-11-5-4-6-12(9-11)20(22)23)15-18-14-8-3-2-7-13(14)16(21)19-15/h2-10,17H,1H3,(H,18,19,21)/t10-/m0/s1. The Labute approximate surface area is 131 Å². The van der Waals surface area contributed by atoms with Crippen molar-refractivity contribution in [3.05, 3.63) is 74.8 Å². The number of nitrogens with zero attached hydrogens (tertiary/aromatic N) is 2. The van der Waals surface area contributed by atoms with Gasteiger partial charge in [-0.3, -0.25) is 14.9 Å². The normalized spacial score (nSPS) is 12.0. The van der Waals surface area contributed by atoms with Crippen molar-refractivity contribution in [1.29, 1.82) is 0 Å². The topological polar surface area (TPSA) is 101 Å². The second-order valence-corrected chi connectivity index (χ2v) is 5.14. The van der Waals surface area contributed by atoms with Gasteiger partial charge in [0.2, 0.25) is 0 Å². The molecule has 0 amide bonds. The highest BCUT2D eigenvalue weighted by Crippen LogP contribution is 2.21. The van der Waals surface area contributed by atoms with E-state index in [-0.39, 0.29) is 17.3 Å². The first-order valence-electron chi connectivity index (χ1n) is 7.04. The molecule has 3 rings (SSSR count). The highest BCUT2D eigenvalue weighted by molar-refractivity contribution is 5.77. The van der Waals surface area contributed by atoms with E-state index in [0.717, 1.165) is 0 Å². The second kappa shape index (κ2) is 5.88. The maximum Gasteiger partial charge on any atom is 0.271 e. The molecule has 1 atom stereocenters. The van der Waals surface area contributed by atoms with E-state index in [2.05, 4.69) is 15.3 Å². The summed E-state index contributed by atoms with van der Waals surface area (Å²) in [6.45, 7) is 1.83. The number of anilines is 1. The summed E-state index contributed by atoms with van der Waals surface area (Å²) in [7, 11) is 0. The summed E-state index contributed by atoms with van der Waals surface area (Å²) in [4.78, 5) is 29.6. The largest absolute Gasteiger partial charge is 0.375 e. The van der Waals surface area contributed by atoms with Gasteiger partial charge in [-0.15, -0.1) is 0 Å². The average Bonchev–Trinajstić information content (AvgIpc) is 2.55. The Kier molecular flexibility index (Phi) is 3.76. The van der Waals surface area contributed by atoms with Crippen LogP contribution in [-0.2, 0) is 0 Å². The van der Waals surface area contributed by atoms with Crippen LogP contribution in [-0.4, -0.2) is 14.9 Å². The summed E-state index contributed by atoms with van der Waals surface area (Å²) in [6.07, 6.45) is 0. The highest BCUT2D eigenvalue weighted by Gasteiger charge is 2.12. The number of para-hydroxylation sites is 1. The van der Waals surface area contributed by atoms with Gasteiger partial charge in [0.05, 0.1) is 21.9 Å². The summed E-state index contributed by atoms with van der Waals surface area (Å²) in [5.41, 5.74) is 0.988.